The Morgan fingerprint density at radius 3 is 3.00 bits per heavy atom. The van der Waals surface area contributed by atoms with Crippen molar-refractivity contribution in [2.45, 2.75) is 18.9 Å². The zero-order chi connectivity index (χ0) is 9.26. The fourth-order valence-corrected chi connectivity index (χ4v) is 2.14. The van der Waals surface area contributed by atoms with Crippen LogP contribution in [0, 0.1) is 0 Å². The SMILES string of the molecule is CN1CCCC1c1ccc[n+](C)c1. The summed E-state index contributed by atoms with van der Waals surface area (Å²) in [5.74, 6) is 0. The van der Waals surface area contributed by atoms with Gasteiger partial charge in [0.2, 0.25) is 0 Å². The van der Waals surface area contributed by atoms with Gasteiger partial charge in [-0.05, 0) is 32.5 Å². The van der Waals surface area contributed by atoms with Gasteiger partial charge in [-0.1, -0.05) is 0 Å². The minimum absolute atomic E-state index is 0.646. The summed E-state index contributed by atoms with van der Waals surface area (Å²) in [6.07, 6.45) is 6.95. The molecule has 0 amide bonds. The normalized spacial score (nSPS) is 23.7. The van der Waals surface area contributed by atoms with Crippen LogP contribution in [0.2, 0.25) is 0 Å². The molecule has 0 radical (unpaired) electrons. The summed E-state index contributed by atoms with van der Waals surface area (Å²) in [5, 5.41) is 0. The highest BCUT2D eigenvalue weighted by atomic mass is 15.1. The van der Waals surface area contributed by atoms with Crippen molar-refractivity contribution in [1.29, 1.82) is 0 Å². The third kappa shape index (κ3) is 1.73. The third-order valence-corrected chi connectivity index (χ3v) is 2.87. The van der Waals surface area contributed by atoms with Crippen molar-refractivity contribution in [3.63, 3.8) is 0 Å². The van der Waals surface area contributed by atoms with Gasteiger partial charge in [0.1, 0.15) is 7.05 Å². The van der Waals surface area contributed by atoms with E-state index >= 15 is 0 Å². The summed E-state index contributed by atoms with van der Waals surface area (Å²) in [7, 11) is 4.29. The van der Waals surface area contributed by atoms with Gasteiger partial charge in [0.15, 0.2) is 12.4 Å². The van der Waals surface area contributed by atoms with Crippen LogP contribution in [0.5, 0.6) is 0 Å². The van der Waals surface area contributed by atoms with E-state index in [1.165, 1.54) is 24.9 Å². The summed E-state index contributed by atoms with van der Waals surface area (Å²) in [5.41, 5.74) is 1.45. The number of aryl methyl sites for hydroxylation is 1. The highest BCUT2D eigenvalue weighted by Gasteiger charge is 2.23. The standard InChI is InChI=1S/C11H17N2/c1-12-7-3-5-10(9-12)11-6-4-8-13(11)2/h3,5,7,9,11H,4,6,8H2,1-2H3/q+1. The van der Waals surface area contributed by atoms with Gasteiger partial charge in [0.05, 0.1) is 0 Å². The fourth-order valence-electron chi connectivity index (χ4n) is 2.14. The van der Waals surface area contributed by atoms with Crippen LogP contribution in [-0.2, 0) is 7.05 Å². The highest BCUT2D eigenvalue weighted by molar-refractivity contribution is 5.12. The molecule has 70 valence electrons. The average Bonchev–Trinajstić information content (AvgIpc) is 2.51. The van der Waals surface area contributed by atoms with Crippen LogP contribution in [0.1, 0.15) is 24.4 Å². The first-order valence-corrected chi connectivity index (χ1v) is 4.93. The molecular formula is C11H17N2+. The lowest BCUT2D eigenvalue weighted by molar-refractivity contribution is -0.672. The molecule has 0 saturated carbocycles. The van der Waals surface area contributed by atoms with Crippen molar-refractivity contribution in [1.82, 2.24) is 4.90 Å². The molecular weight excluding hydrogens is 160 g/mol. The highest BCUT2D eigenvalue weighted by Crippen LogP contribution is 2.28. The molecule has 0 aliphatic carbocycles. The largest absolute Gasteiger partial charge is 0.299 e. The van der Waals surface area contributed by atoms with Crippen LogP contribution in [0.25, 0.3) is 0 Å². The molecule has 1 atom stereocenters. The molecule has 0 N–H and O–H groups in total. The van der Waals surface area contributed by atoms with Gasteiger partial charge in [-0.3, -0.25) is 4.90 Å². The van der Waals surface area contributed by atoms with E-state index in [0.29, 0.717) is 6.04 Å². The summed E-state index contributed by atoms with van der Waals surface area (Å²) >= 11 is 0. The van der Waals surface area contributed by atoms with E-state index in [1.807, 2.05) is 0 Å². The maximum absolute atomic E-state index is 2.44. The van der Waals surface area contributed by atoms with E-state index in [9.17, 15) is 0 Å². The first-order valence-electron chi connectivity index (χ1n) is 4.93. The molecule has 0 aromatic carbocycles. The van der Waals surface area contributed by atoms with Gasteiger partial charge in [-0.2, -0.15) is 0 Å². The Bertz CT molecular complexity index is 296. The maximum Gasteiger partial charge on any atom is 0.173 e. The van der Waals surface area contributed by atoms with E-state index in [4.69, 9.17) is 0 Å². The lowest BCUT2D eigenvalue weighted by atomic mass is 10.1. The Kier molecular flexibility index (Phi) is 2.32. The van der Waals surface area contributed by atoms with E-state index in [-0.39, 0.29) is 0 Å². The first kappa shape index (κ1) is 8.70. The summed E-state index contributed by atoms with van der Waals surface area (Å²) < 4.78 is 2.13. The van der Waals surface area contributed by atoms with Gasteiger partial charge >= 0.3 is 0 Å². The van der Waals surface area contributed by atoms with Gasteiger partial charge in [0.25, 0.3) is 0 Å². The molecule has 1 aliphatic rings. The molecule has 1 aliphatic heterocycles. The number of rotatable bonds is 1. The van der Waals surface area contributed by atoms with E-state index in [2.05, 4.69) is 48.1 Å². The number of nitrogens with zero attached hydrogens (tertiary/aromatic N) is 2. The van der Waals surface area contributed by atoms with E-state index in [0.717, 1.165) is 0 Å². The van der Waals surface area contributed by atoms with Crippen molar-refractivity contribution >= 4 is 0 Å². The Morgan fingerprint density at radius 1 is 1.54 bits per heavy atom. The zero-order valence-corrected chi connectivity index (χ0v) is 8.40. The Balaban J connectivity index is 2.24. The zero-order valence-electron chi connectivity index (χ0n) is 8.40. The number of likely N-dealkylation sites (tertiary alicyclic amines) is 1. The molecule has 2 heteroatoms. The number of hydrogen-bond acceptors (Lipinski definition) is 1. The lowest BCUT2D eigenvalue weighted by Crippen LogP contribution is -2.29. The topological polar surface area (TPSA) is 7.12 Å². The predicted molar refractivity (Wildman–Crippen MR) is 52.2 cm³/mol. The van der Waals surface area contributed by atoms with Crippen LogP contribution in [0.15, 0.2) is 24.5 Å². The quantitative estimate of drug-likeness (QED) is 0.586. The van der Waals surface area contributed by atoms with Crippen molar-refractivity contribution < 1.29 is 4.57 Å². The van der Waals surface area contributed by atoms with E-state index < -0.39 is 0 Å². The van der Waals surface area contributed by atoms with Crippen molar-refractivity contribution in [2.24, 2.45) is 7.05 Å². The number of hydrogen-bond donors (Lipinski definition) is 0. The van der Waals surface area contributed by atoms with Crippen LogP contribution < -0.4 is 4.57 Å². The third-order valence-electron chi connectivity index (χ3n) is 2.87. The monoisotopic (exact) mass is 177 g/mol. The average molecular weight is 177 g/mol. The van der Waals surface area contributed by atoms with Gasteiger partial charge < -0.3 is 0 Å². The second-order valence-corrected chi connectivity index (χ2v) is 3.94. The first-order chi connectivity index (χ1) is 6.27. The fraction of sp³-hybridized carbons (Fsp3) is 0.545. The predicted octanol–water partition coefficient (Wildman–Crippen LogP) is 1.28. The molecule has 1 unspecified atom stereocenters. The van der Waals surface area contributed by atoms with E-state index in [1.54, 1.807) is 0 Å². The van der Waals surface area contributed by atoms with Crippen LogP contribution in [0.4, 0.5) is 0 Å². The molecule has 1 aromatic heterocycles. The molecule has 0 bridgehead atoms. The van der Waals surface area contributed by atoms with Gasteiger partial charge in [-0.15, -0.1) is 0 Å². The smallest absolute Gasteiger partial charge is 0.173 e. The molecule has 0 spiro atoms. The molecule has 2 nitrogen and oxygen atoms in total. The minimum Gasteiger partial charge on any atom is -0.299 e. The summed E-state index contributed by atoms with van der Waals surface area (Å²) in [4.78, 5) is 2.44. The molecule has 13 heavy (non-hydrogen) atoms. The molecule has 1 aromatic rings. The second-order valence-electron chi connectivity index (χ2n) is 3.94. The lowest BCUT2D eigenvalue weighted by Gasteiger charge is -2.17. The van der Waals surface area contributed by atoms with Crippen molar-refractivity contribution in [3.8, 4) is 0 Å². The Hall–Kier alpha value is -0.890. The molecule has 1 saturated heterocycles. The minimum atomic E-state index is 0.646. The van der Waals surface area contributed by atoms with Crippen LogP contribution >= 0.6 is 0 Å². The number of pyridine rings is 1. The Labute approximate surface area is 79.8 Å². The maximum atomic E-state index is 2.44. The van der Waals surface area contributed by atoms with Gasteiger partial charge in [0, 0.05) is 17.7 Å². The molecule has 2 heterocycles. The molecule has 1 fully saturated rings. The van der Waals surface area contributed by atoms with Crippen LogP contribution in [0.3, 0.4) is 0 Å². The van der Waals surface area contributed by atoms with Crippen LogP contribution in [-0.4, -0.2) is 18.5 Å². The summed E-state index contributed by atoms with van der Waals surface area (Å²) in [6, 6.07) is 5.00. The second kappa shape index (κ2) is 3.46. The van der Waals surface area contributed by atoms with Crippen molar-refractivity contribution in [2.75, 3.05) is 13.6 Å². The Morgan fingerprint density at radius 2 is 2.38 bits per heavy atom. The molecule has 2 rings (SSSR count). The number of aromatic nitrogens is 1. The van der Waals surface area contributed by atoms with Crippen molar-refractivity contribution in [3.05, 3.63) is 30.1 Å². The van der Waals surface area contributed by atoms with Gasteiger partial charge in [-0.25, -0.2) is 4.57 Å². The summed E-state index contributed by atoms with van der Waals surface area (Å²) in [6.45, 7) is 1.24.